The Morgan fingerprint density at radius 3 is 2.21 bits per heavy atom. The number of rotatable bonds is 4. The van der Waals surface area contributed by atoms with Crippen molar-refractivity contribution in [2.24, 2.45) is 5.41 Å². The summed E-state index contributed by atoms with van der Waals surface area (Å²) in [5.74, 6) is -1.12. The fourth-order valence-electron chi connectivity index (χ4n) is 2.81. The van der Waals surface area contributed by atoms with Crippen LogP contribution in [0.15, 0.2) is 30.3 Å². The van der Waals surface area contributed by atoms with Crippen LogP contribution in [0.5, 0.6) is 0 Å². The van der Waals surface area contributed by atoms with Crippen molar-refractivity contribution in [1.29, 1.82) is 0 Å². The first-order chi connectivity index (χ1) is 11.0. The second kappa shape index (κ2) is 5.59. The van der Waals surface area contributed by atoms with Crippen LogP contribution in [0.1, 0.15) is 40.2 Å². The molecule has 2 rings (SSSR count). The van der Waals surface area contributed by atoms with Crippen molar-refractivity contribution < 1.29 is 19.6 Å². The summed E-state index contributed by atoms with van der Waals surface area (Å²) < 4.78 is 0. The highest BCUT2D eigenvalue weighted by atomic mass is 16.5. The van der Waals surface area contributed by atoms with E-state index in [2.05, 4.69) is 5.32 Å². The molecule has 1 aromatic rings. The molecule has 1 saturated heterocycles. The molecule has 4 amide bonds. The molecular weight excluding hydrogens is 310 g/mol. The molecule has 0 aromatic heterocycles. The van der Waals surface area contributed by atoms with Crippen LogP contribution in [0.25, 0.3) is 0 Å². The quantitative estimate of drug-likeness (QED) is 0.444. The molecule has 24 heavy (non-hydrogen) atoms. The largest absolute Gasteiger partial charge is 0.325 e. The van der Waals surface area contributed by atoms with E-state index in [4.69, 9.17) is 5.21 Å². The number of imide groups is 1. The number of urea groups is 1. The molecule has 7 nitrogen and oxygen atoms in total. The van der Waals surface area contributed by atoms with Gasteiger partial charge < -0.3 is 5.32 Å². The maximum absolute atomic E-state index is 13.1. The Kier molecular flexibility index (Phi) is 4.18. The van der Waals surface area contributed by atoms with E-state index >= 15 is 0 Å². The molecule has 1 aromatic carbocycles. The van der Waals surface area contributed by atoms with E-state index in [-0.39, 0.29) is 0 Å². The topological polar surface area (TPSA) is 98.7 Å². The van der Waals surface area contributed by atoms with Crippen LogP contribution >= 0.6 is 0 Å². The van der Waals surface area contributed by atoms with Gasteiger partial charge in [-0.15, -0.1) is 0 Å². The van der Waals surface area contributed by atoms with Crippen molar-refractivity contribution in [3.05, 3.63) is 35.9 Å². The fourth-order valence-corrected chi connectivity index (χ4v) is 2.81. The Hall–Kier alpha value is -2.41. The summed E-state index contributed by atoms with van der Waals surface area (Å²) in [5, 5.41) is 11.7. The van der Waals surface area contributed by atoms with E-state index in [0.717, 1.165) is 4.90 Å². The van der Waals surface area contributed by atoms with Gasteiger partial charge in [0, 0.05) is 0 Å². The Bertz CT molecular complexity index is 684. The maximum Gasteiger partial charge on any atom is 0.325 e. The van der Waals surface area contributed by atoms with Gasteiger partial charge in [-0.25, -0.2) is 10.3 Å². The Labute approximate surface area is 141 Å². The molecule has 1 aliphatic heterocycles. The lowest BCUT2D eigenvalue weighted by molar-refractivity contribution is -0.149. The first-order valence-corrected chi connectivity index (χ1v) is 7.67. The van der Waals surface area contributed by atoms with Gasteiger partial charge in [-0.05, 0) is 40.2 Å². The zero-order chi connectivity index (χ0) is 18.3. The van der Waals surface area contributed by atoms with Crippen molar-refractivity contribution in [2.45, 2.75) is 45.7 Å². The molecule has 1 heterocycles. The molecule has 0 bridgehead atoms. The van der Waals surface area contributed by atoms with Gasteiger partial charge in [-0.3, -0.25) is 19.7 Å². The predicted molar refractivity (Wildman–Crippen MR) is 87.0 cm³/mol. The number of benzene rings is 1. The van der Waals surface area contributed by atoms with Gasteiger partial charge in [-0.2, -0.15) is 0 Å². The third kappa shape index (κ3) is 2.36. The zero-order valence-corrected chi connectivity index (χ0v) is 14.5. The lowest BCUT2D eigenvalue weighted by atomic mass is 9.72. The average Bonchev–Trinajstić information content (AvgIpc) is 2.77. The number of nitrogens with zero attached hydrogens (tertiary/aromatic N) is 1. The summed E-state index contributed by atoms with van der Waals surface area (Å²) in [6, 6.07) is 8.36. The normalized spacial score (nSPS) is 21.7. The summed E-state index contributed by atoms with van der Waals surface area (Å²) in [6.07, 6.45) is 0. The van der Waals surface area contributed by atoms with Crippen molar-refractivity contribution in [3.63, 3.8) is 0 Å². The van der Waals surface area contributed by atoms with E-state index in [0.29, 0.717) is 5.56 Å². The van der Waals surface area contributed by atoms with Gasteiger partial charge in [0.25, 0.3) is 11.8 Å². The van der Waals surface area contributed by atoms with E-state index < -0.39 is 34.3 Å². The van der Waals surface area contributed by atoms with Crippen molar-refractivity contribution >= 4 is 17.8 Å². The molecule has 130 valence electrons. The van der Waals surface area contributed by atoms with E-state index in [1.54, 1.807) is 64.4 Å². The fraction of sp³-hybridized carbons (Fsp3) is 0.471. The monoisotopic (exact) mass is 333 g/mol. The minimum absolute atomic E-state index is 0.442. The number of hydroxylamine groups is 1. The predicted octanol–water partition coefficient (Wildman–Crippen LogP) is 1.76. The summed E-state index contributed by atoms with van der Waals surface area (Å²) >= 11 is 0. The number of carbonyl (C=O) groups is 3. The van der Waals surface area contributed by atoms with Crippen LogP contribution in [-0.2, 0) is 15.1 Å². The van der Waals surface area contributed by atoms with Gasteiger partial charge in [0.15, 0.2) is 0 Å². The molecule has 1 aliphatic rings. The number of amides is 4. The van der Waals surface area contributed by atoms with Gasteiger partial charge in [0.1, 0.15) is 5.54 Å². The van der Waals surface area contributed by atoms with Crippen molar-refractivity contribution in [2.75, 3.05) is 0 Å². The minimum Gasteiger partial charge on any atom is -0.319 e. The van der Waals surface area contributed by atoms with E-state index in [1.165, 1.54) is 0 Å². The van der Waals surface area contributed by atoms with Gasteiger partial charge in [0.05, 0.1) is 11.0 Å². The summed E-state index contributed by atoms with van der Waals surface area (Å²) in [6.45, 7) is 8.01. The number of hydrogen-bond donors (Lipinski definition) is 3. The standard InChI is InChI=1S/C17H23N3O4/c1-15(2,12(21)19-24)16(3,4)20-13(22)17(5,18-14(20)23)11-9-7-6-8-10-11/h6-10,24H,1-5H3,(H,18,23)(H,19,21). The number of nitrogens with one attached hydrogen (secondary N) is 2. The van der Waals surface area contributed by atoms with E-state index in [1.807, 2.05) is 6.07 Å². The lowest BCUT2D eigenvalue weighted by Crippen LogP contribution is -2.61. The smallest absolute Gasteiger partial charge is 0.319 e. The third-order valence-electron chi connectivity index (χ3n) is 5.30. The highest BCUT2D eigenvalue weighted by molar-refractivity contribution is 6.08. The highest BCUT2D eigenvalue weighted by Crippen LogP contribution is 2.41. The van der Waals surface area contributed by atoms with Crippen LogP contribution in [0, 0.1) is 5.41 Å². The first kappa shape index (κ1) is 17.9. The second-order valence-corrected chi connectivity index (χ2v) is 7.19. The molecule has 0 saturated carbocycles. The lowest BCUT2D eigenvalue weighted by Gasteiger charge is -2.44. The number of hydrogen-bond acceptors (Lipinski definition) is 4. The molecular formula is C17H23N3O4. The molecule has 0 spiro atoms. The van der Waals surface area contributed by atoms with Crippen molar-refractivity contribution in [3.8, 4) is 0 Å². The Morgan fingerprint density at radius 1 is 1.17 bits per heavy atom. The molecule has 0 aliphatic carbocycles. The molecule has 1 unspecified atom stereocenters. The Morgan fingerprint density at radius 2 is 1.71 bits per heavy atom. The summed E-state index contributed by atoms with van der Waals surface area (Å²) in [5.41, 5.74) is -1.32. The summed E-state index contributed by atoms with van der Waals surface area (Å²) in [7, 11) is 0. The molecule has 1 atom stereocenters. The van der Waals surface area contributed by atoms with Crippen LogP contribution in [0.2, 0.25) is 0 Å². The molecule has 7 heteroatoms. The van der Waals surface area contributed by atoms with Gasteiger partial charge in [0.2, 0.25) is 0 Å². The molecule has 1 fully saturated rings. The number of carbonyl (C=O) groups excluding carboxylic acids is 3. The first-order valence-electron chi connectivity index (χ1n) is 7.67. The maximum atomic E-state index is 13.1. The van der Waals surface area contributed by atoms with Crippen LogP contribution in [-0.4, -0.2) is 33.5 Å². The second-order valence-electron chi connectivity index (χ2n) is 7.19. The SMILES string of the molecule is CC1(c2ccccc2)NC(=O)N(C(C)(C)C(C)(C)C(=O)NO)C1=O. The van der Waals surface area contributed by atoms with Crippen LogP contribution < -0.4 is 10.8 Å². The van der Waals surface area contributed by atoms with Gasteiger partial charge in [-0.1, -0.05) is 30.3 Å². The van der Waals surface area contributed by atoms with E-state index in [9.17, 15) is 14.4 Å². The molecule has 3 N–H and O–H groups in total. The van der Waals surface area contributed by atoms with Crippen LogP contribution in [0.3, 0.4) is 0 Å². The highest BCUT2D eigenvalue weighted by Gasteiger charge is 2.59. The Balaban J connectivity index is 2.48. The average molecular weight is 333 g/mol. The summed E-state index contributed by atoms with van der Waals surface area (Å²) in [4.78, 5) is 38.8. The van der Waals surface area contributed by atoms with Crippen molar-refractivity contribution in [1.82, 2.24) is 15.7 Å². The van der Waals surface area contributed by atoms with Crippen LogP contribution in [0.4, 0.5) is 4.79 Å². The third-order valence-corrected chi connectivity index (χ3v) is 5.30. The van der Waals surface area contributed by atoms with Gasteiger partial charge >= 0.3 is 6.03 Å². The zero-order valence-electron chi connectivity index (χ0n) is 14.5. The minimum atomic E-state index is -1.21. The molecule has 0 radical (unpaired) electrons.